The second-order valence-corrected chi connectivity index (χ2v) is 43.1. The van der Waals surface area contributed by atoms with E-state index >= 15 is 0 Å². The molecule has 0 radical (unpaired) electrons. The SMILES string of the molecule is CC(C)n1c(Cl)nc2c(-c3nc(C4CCCC4)cs3)cccc21.CC(C)n1c(O[C@@H]2C[C@H]3C(=O)C[C@]4(C(=O)NS(=O)(=O)N(C)C)C[C@H]4/C=C\CCCCC[C@H](NC(=O)OC(C)(C)C)C(=O)N3C2)nc2c(-c3nc(C4CCCC4)cs3)cccc21.CN(C)S(=O)(=O)NC(=O)[C@]12CC(=O)[C@@H]3C[C@@H](O)CN3C(=O)[C@@H](NC(=O)OC(C)(C)C)CCCCC/C=C\[C@@H]1C2. The Morgan fingerprint density at radius 2 is 0.976 bits per heavy atom. The van der Waals surface area contributed by atoms with Crippen molar-refractivity contribution >= 4 is 124 Å². The van der Waals surface area contributed by atoms with E-state index in [1.807, 2.05) is 60.9 Å². The number of nitrogens with one attached hydrogen (secondary N) is 4. The first kappa shape index (κ1) is 93.9. The Balaban J connectivity index is 0.000000189. The van der Waals surface area contributed by atoms with Gasteiger partial charge in [-0.1, -0.05) is 87.8 Å². The number of thiazole rings is 2. The topological polar surface area (TPSA) is 375 Å². The summed E-state index contributed by atoms with van der Waals surface area (Å²) >= 11 is 9.71. The minimum Gasteiger partial charge on any atom is -0.459 e. The average Bonchev–Trinajstić information content (AvgIpc) is 1.58. The third-order valence-electron chi connectivity index (χ3n) is 24.6. The van der Waals surface area contributed by atoms with E-state index in [1.54, 1.807) is 64.2 Å². The van der Waals surface area contributed by atoms with Crippen molar-refractivity contribution in [3.8, 4) is 27.2 Å². The Morgan fingerprint density at radius 1 is 0.561 bits per heavy atom. The van der Waals surface area contributed by atoms with Crippen molar-refractivity contribution in [1.82, 2.24) is 67.6 Å². The van der Waals surface area contributed by atoms with E-state index in [-0.39, 0.29) is 74.9 Å². The van der Waals surface area contributed by atoms with Crippen LogP contribution >= 0.6 is 34.3 Å². The lowest BCUT2D eigenvalue weighted by atomic mass is 9.91. The van der Waals surface area contributed by atoms with E-state index in [9.17, 15) is 60.3 Å². The molecule has 8 heterocycles. The zero-order valence-electron chi connectivity index (χ0n) is 73.3. The van der Waals surface area contributed by atoms with Gasteiger partial charge in [-0.15, -0.1) is 22.7 Å². The van der Waals surface area contributed by atoms with Crippen molar-refractivity contribution in [2.45, 2.75) is 295 Å². The molecule has 2 aromatic carbocycles. The van der Waals surface area contributed by atoms with E-state index in [1.165, 1.54) is 82.2 Å². The fraction of sp³-hybridized carbons (Fsp3) is 0.636. The number of hydrogen-bond donors (Lipinski definition) is 5. The lowest BCUT2D eigenvalue weighted by molar-refractivity contribution is -0.140. The van der Waals surface area contributed by atoms with Gasteiger partial charge in [-0.3, -0.25) is 33.3 Å². The molecule has 0 spiro atoms. The molecule has 5 N–H and O–H groups in total. The summed E-state index contributed by atoms with van der Waals surface area (Å²) in [7, 11) is -2.97. The van der Waals surface area contributed by atoms with Crippen molar-refractivity contribution in [2.24, 2.45) is 22.7 Å². The Bertz CT molecular complexity index is 5170. The van der Waals surface area contributed by atoms with Crippen molar-refractivity contribution in [3.63, 3.8) is 0 Å². The van der Waals surface area contributed by atoms with E-state index < -0.39 is 120 Å². The van der Waals surface area contributed by atoms with Crippen LogP contribution in [0.4, 0.5) is 9.59 Å². The summed E-state index contributed by atoms with van der Waals surface area (Å²) in [5, 5.41) is 22.7. The largest absolute Gasteiger partial charge is 0.459 e. The quantitative estimate of drug-likeness (QED) is 0.0562. The van der Waals surface area contributed by atoms with Crippen molar-refractivity contribution in [2.75, 3.05) is 41.3 Å². The maximum Gasteiger partial charge on any atom is 0.408 e. The van der Waals surface area contributed by atoms with Gasteiger partial charge in [0, 0.05) is 106 Å². The number of ether oxygens (including phenoxy) is 3. The maximum atomic E-state index is 14.7. The highest BCUT2D eigenvalue weighted by Gasteiger charge is 2.63. The van der Waals surface area contributed by atoms with Crippen molar-refractivity contribution in [3.05, 3.63) is 88.1 Å². The van der Waals surface area contributed by atoms with Crippen LogP contribution in [0, 0.1) is 22.7 Å². The number of aliphatic hydroxyl groups excluding tert-OH is 1. The van der Waals surface area contributed by atoms with Gasteiger partial charge in [-0.05, 0) is 194 Å². The molecule has 4 aliphatic carbocycles. The Kier molecular flexibility index (Phi) is 29.7. The monoisotopic (exact) mass is 1790 g/mol. The summed E-state index contributed by atoms with van der Waals surface area (Å²) < 4.78 is 78.2. The number of rotatable bonds is 16. The summed E-state index contributed by atoms with van der Waals surface area (Å²) in [5.74, 6) is -2.83. The molecule has 4 aromatic heterocycles. The molecular formula is C88H123ClN14O16S4. The summed E-state index contributed by atoms with van der Waals surface area (Å²) in [6.07, 6.45) is 21.2. The van der Waals surface area contributed by atoms with E-state index in [4.69, 9.17) is 40.8 Å². The number of allylic oxidation sites excluding steroid dienone is 4. The summed E-state index contributed by atoms with van der Waals surface area (Å²) in [6, 6.07) is 8.90. The van der Waals surface area contributed by atoms with Crippen LogP contribution in [-0.2, 0) is 58.7 Å². The molecule has 8 aliphatic rings. The van der Waals surface area contributed by atoms with Gasteiger partial charge in [-0.25, -0.2) is 34.0 Å². The highest BCUT2D eigenvalue weighted by Crippen LogP contribution is 2.59. The summed E-state index contributed by atoms with van der Waals surface area (Å²) in [6.45, 7) is 18.6. The molecule has 6 aromatic rings. The first-order valence-corrected chi connectivity index (χ1v) is 48.5. The van der Waals surface area contributed by atoms with Gasteiger partial charge in [0.2, 0.25) is 28.9 Å². The first-order valence-electron chi connectivity index (χ1n) is 43.5. The number of nitrogens with zero attached hydrogens (tertiary/aromatic N) is 10. The molecular weight excluding hydrogens is 1670 g/mol. The third-order valence-corrected chi connectivity index (χ3v) is 29.4. The number of ketones is 2. The minimum absolute atomic E-state index is 0.00205. The number of imidazole rings is 2. The Hall–Kier alpha value is -8.25. The predicted octanol–water partition coefficient (Wildman–Crippen LogP) is 14.3. The maximum absolute atomic E-state index is 14.7. The van der Waals surface area contributed by atoms with Crippen LogP contribution < -0.4 is 24.8 Å². The highest BCUT2D eigenvalue weighted by atomic mass is 35.5. The van der Waals surface area contributed by atoms with Gasteiger partial charge in [0.05, 0.1) is 58.0 Å². The number of aliphatic hydroxyl groups is 1. The number of hydrogen-bond acceptors (Lipinski definition) is 22. The molecule has 0 unspecified atom stereocenters. The number of Topliss-reactive ketones (excluding diaryl/α,β-unsaturated/α-hetero) is 2. The van der Waals surface area contributed by atoms with Crippen LogP contribution in [-0.4, -0.2) is 206 Å². The standard InChI is InChI=1S/C44H61N7O8S2.C26H42N4O8S.C18H20ClN3S/c1-27(2)51-34-21-15-19-31(38-45-33(26-60-38)28-16-13-14-17-28)37(34)47-41(51)58-30-22-35-36(52)24-44(40(54)48-61(56,57)49(6)7)23-29(44)18-11-9-8-10-12-20-32(39(53)50(35)25-30)46-42(55)59-43(3,4)5;1-25(2,3)38-24(35)27-19-12-10-8-6-7-9-11-17-14-26(17,23(34)28-39(36,37)29(4)5)15-21(32)20-13-18(31)16-30(20)22(19)33;1-11(2)22-15-9-5-8-13(16(15)21-18(22)19)17-20-14(10-23-17)12-6-3-4-7-12/h11,15,18-19,21,26-30,32,35H,8-10,12-14,16-17,20,22-25H2,1-7H3,(H,46,55)(H,48,54);9,11,17-20,31H,6-8,10,12-16H2,1-5H3,(H,27,35)(H,28,34);5,8-12H,3-4,6-7H2,1-2H3/b18-11-;11-9-;/t29-,30-,32+,35+,44-;17-,18-,19+,20+,26-;/m11./s1. The van der Waals surface area contributed by atoms with Gasteiger partial charge in [0.1, 0.15) is 50.4 Å². The number of halogens is 1. The number of aromatic nitrogens is 6. The second kappa shape index (κ2) is 38.9. The lowest BCUT2D eigenvalue weighted by Gasteiger charge is -2.30. The molecule has 6 amide bonds. The molecule has 14 rings (SSSR count). The number of amides is 6. The van der Waals surface area contributed by atoms with Crippen LogP contribution in [0.1, 0.15) is 259 Å². The number of benzene rings is 2. The Morgan fingerprint density at radius 3 is 1.41 bits per heavy atom. The van der Waals surface area contributed by atoms with Crippen molar-refractivity contribution in [1.29, 1.82) is 0 Å². The minimum atomic E-state index is -4.14. The van der Waals surface area contributed by atoms with Crippen LogP contribution in [0.2, 0.25) is 5.28 Å². The summed E-state index contributed by atoms with van der Waals surface area (Å²) in [4.78, 5) is 132. The molecule has 6 fully saturated rings. The van der Waals surface area contributed by atoms with Crippen LogP contribution in [0.5, 0.6) is 6.01 Å². The van der Waals surface area contributed by atoms with E-state index in [0.717, 1.165) is 102 Å². The molecule has 10 atom stereocenters. The number of carbonyl (C=O) groups is 8. The predicted molar refractivity (Wildman–Crippen MR) is 473 cm³/mol. The fourth-order valence-corrected chi connectivity index (χ4v) is 21.3. The zero-order valence-corrected chi connectivity index (χ0v) is 77.3. The third kappa shape index (κ3) is 22.4. The van der Waals surface area contributed by atoms with Gasteiger partial charge < -0.3 is 44.3 Å². The highest BCUT2D eigenvalue weighted by molar-refractivity contribution is 7.88. The number of alkyl carbamates (subject to hydrolysis) is 2. The molecule has 4 aliphatic heterocycles. The smallest absolute Gasteiger partial charge is 0.408 e. The fourth-order valence-electron chi connectivity index (χ4n) is 17.8. The van der Waals surface area contributed by atoms with Gasteiger partial charge in [-0.2, -0.15) is 30.4 Å². The number of fused-ring (bicyclic) bond motifs is 6. The van der Waals surface area contributed by atoms with Gasteiger partial charge in [0.25, 0.3) is 6.01 Å². The molecule has 123 heavy (non-hydrogen) atoms. The van der Waals surface area contributed by atoms with Gasteiger partial charge in [0.15, 0.2) is 11.6 Å². The van der Waals surface area contributed by atoms with Crippen LogP contribution in [0.25, 0.3) is 43.2 Å². The van der Waals surface area contributed by atoms with Crippen molar-refractivity contribution < 1.29 is 74.5 Å². The molecule has 30 nitrogen and oxygen atoms in total. The number of para-hydroxylation sites is 2. The second-order valence-electron chi connectivity index (χ2n) is 37.2. The van der Waals surface area contributed by atoms with Gasteiger partial charge >= 0.3 is 32.6 Å². The van der Waals surface area contributed by atoms with Crippen LogP contribution in [0.3, 0.4) is 0 Å². The zero-order chi connectivity index (χ0) is 89.0. The lowest BCUT2D eigenvalue weighted by Crippen LogP contribution is -2.53. The molecule has 35 heteroatoms. The molecule has 0 bridgehead atoms. The van der Waals surface area contributed by atoms with E-state index in [0.29, 0.717) is 61.7 Å². The Labute approximate surface area is 735 Å². The first-order chi connectivity index (χ1) is 58.1. The normalized spacial score (nSPS) is 25.9. The molecule has 4 saturated carbocycles. The van der Waals surface area contributed by atoms with E-state index in [2.05, 4.69) is 72.4 Å². The average molecular weight is 1800 g/mol. The molecule has 672 valence electrons. The molecule has 2 saturated heterocycles. The summed E-state index contributed by atoms with van der Waals surface area (Å²) in [5.41, 5.74) is 3.90. The number of carbonyl (C=O) groups excluding carboxylic acids is 8. The van der Waals surface area contributed by atoms with Crippen LogP contribution in [0.15, 0.2) is 71.5 Å².